The van der Waals surface area contributed by atoms with Crippen molar-refractivity contribution in [1.82, 2.24) is 4.98 Å². The highest BCUT2D eigenvalue weighted by atomic mass is 32.1. The molecule has 1 aromatic heterocycles. The second-order valence-electron chi connectivity index (χ2n) is 6.17. The summed E-state index contributed by atoms with van der Waals surface area (Å²) in [6, 6.07) is 32.1. The first-order chi connectivity index (χ1) is 13.2. The van der Waals surface area contributed by atoms with Gasteiger partial charge < -0.3 is 5.11 Å². The lowest BCUT2D eigenvalue weighted by molar-refractivity contribution is 0.572. The highest BCUT2D eigenvalue weighted by Gasteiger charge is 2.11. The molecular weight excluding hydrogens is 350 g/mol. The fraction of sp³-hybridized carbons (Fsp3) is 0. The zero-order valence-electron chi connectivity index (χ0n) is 14.5. The molecule has 0 saturated carbocycles. The summed E-state index contributed by atoms with van der Waals surface area (Å²) in [5, 5.41) is 14.0. The molecule has 4 aromatic carbocycles. The highest BCUT2D eigenvalue weighted by molar-refractivity contribution is 7.80. The van der Waals surface area contributed by atoms with E-state index in [0.29, 0.717) is 5.56 Å². The number of rotatable bonds is 1. The van der Waals surface area contributed by atoms with Gasteiger partial charge >= 0.3 is 0 Å². The van der Waals surface area contributed by atoms with E-state index < -0.39 is 0 Å². The Bertz CT molecular complexity index is 1140. The zero-order chi connectivity index (χ0) is 18.6. The number of thiocarbonyl (C=S) groups is 1. The number of pyridine rings is 1. The molecule has 130 valence electrons. The molecule has 0 radical (unpaired) electrons. The predicted octanol–water partition coefficient (Wildman–Crippen LogP) is 6.46. The Morgan fingerprint density at radius 2 is 0.963 bits per heavy atom. The maximum Gasteiger partial charge on any atom is 0.190 e. The lowest BCUT2D eigenvalue weighted by Gasteiger charge is -2.08. The van der Waals surface area contributed by atoms with Crippen molar-refractivity contribution in [3.05, 3.63) is 103 Å². The van der Waals surface area contributed by atoms with E-state index in [9.17, 15) is 5.11 Å². The van der Waals surface area contributed by atoms with Gasteiger partial charge in [-0.15, -0.1) is 0 Å². The second-order valence-corrected chi connectivity index (χ2v) is 6.56. The van der Waals surface area contributed by atoms with E-state index in [1.54, 1.807) is 0 Å². The molecule has 5 aromatic rings. The van der Waals surface area contributed by atoms with Gasteiger partial charge in [-0.1, -0.05) is 84.9 Å². The van der Waals surface area contributed by atoms with Gasteiger partial charge in [0.05, 0.1) is 11.0 Å². The number of aromatic nitrogens is 1. The molecule has 1 N–H and O–H groups in total. The van der Waals surface area contributed by atoms with Crippen molar-refractivity contribution in [3.8, 4) is 0 Å². The first kappa shape index (κ1) is 17.1. The molecule has 0 atom stereocenters. The number of aliphatic hydroxyl groups is 1. The van der Waals surface area contributed by atoms with Crippen molar-refractivity contribution < 1.29 is 5.11 Å². The van der Waals surface area contributed by atoms with Crippen LogP contribution in [0.3, 0.4) is 0 Å². The number of para-hydroxylation sites is 2. The summed E-state index contributed by atoms with van der Waals surface area (Å²) >= 11 is 4.94. The maximum atomic E-state index is 9.72. The minimum Gasteiger partial charge on any atom is -0.498 e. The van der Waals surface area contributed by atoms with Gasteiger partial charge in [0.1, 0.15) is 0 Å². The fourth-order valence-electron chi connectivity index (χ4n) is 3.20. The Morgan fingerprint density at radius 1 is 0.593 bits per heavy atom. The minimum atomic E-state index is -0.0835. The van der Waals surface area contributed by atoms with Crippen molar-refractivity contribution in [2.45, 2.75) is 0 Å². The van der Waals surface area contributed by atoms with Crippen LogP contribution in [0, 0.1) is 0 Å². The van der Waals surface area contributed by atoms with Gasteiger partial charge in [-0.2, -0.15) is 0 Å². The highest BCUT2D eigenvalue weighted by Crippen LogP contribution is 2.25. The van der Waals surface area contributed by atoms with Crippen LogP contribution < -0.4 is 0 Å². The molecular formula is C24H17NOS. The Kier molecular flexibility index (Phi) is 4.77. The number of hydrogen-bond donors (Lipinski definition) is 1. The van der Waals surface area contributed by atoms with Gasteiger partial charge in [-0.05, 0) is 35.1 Å². The van der Waals surface area contributed by atoms with E-state index in [4.69, 9.17) is 12.2 Å². The van der Waals surface area contributed by atoms with E-state index in [1.807, 2.05) is 48.5 Å². The van der Waals surface area contributed by atoms with Crippen LogP contribution in [-0.2, 0) is 0 Å². The molecule has 0 aliphatic carbocycles. The van der Waals surface area contributed by atoms with E-state index in [1.165, 1.54) is 10.8 Å². The quantitative estimate of drug-likeness (QED) is 0.272. The lowest BCUT2D eigenvalue weighted by atomic mass is 10.0. The Balaban J connectivity index is 0.000000153. The van der Waals surface area contributed by atoms with Crippen LogP contribution in [0.4, 0.5) is 0 Å². The molecule has 0 spiro atoms. The van der Waals surface area contributed by atoms with E-state index in [2.05, 4.69) is 53.5 Å². The number of fused-ring (bicyclic) bond motifs is 3. The second kappa shape index (κ2) is 7.52. The van der Waals surface area contributed by atoms with Gasteiger partial charge in [0.25, 0.3) is 0 Å². The number of aliphatic hydroxyl groups excluding tert-OH is 1. The number of nitrogens with zero attached hydrogens (tertiary/aromatic N) is 1. The first-order valence-corrected chi connectivity index (χ1v) is 9.09. The first-order valence-electron chi connectivity index (χ1n) is 8.68. The normalized spacial score (nSPS) is 10.5. The summed E-state index contributed by atoms with van der Waals surface area (Å²) < 4.78 is 0. The number of hydrogen-bond acceptors (Lipinski definition) is 2. The van der Waals surface area contributed by atoms with Gasteiger partial charge in [0.2, 0.25) is 0 Å². The SMILES string of the molecule is OC(=S)c1c2ccccc2nc2ccccc12.c1ccc2ccccc2c1. The average molecular weight is 367 g/mol. The van der Waals surface area contributed by atoms with E-state index in [-0.39, 0.29) is 5.05 Å². The lowest BCUT2D eigenvalue weighted by Crippen LogP contribution is -1.99. The van der Waals surface area contributed by atoms with Crippen LogP contribution in [0.2, 0.25) is 0 Å². The van der Waals surface area contributed by atoms with Crippen LogP contribution in [0.1, 0.15) is 5.56 Å². The third-order valence-electron chi connectivity index (χ3n) is 4.46. The topological polar surface area (TPSA) is 33.1 Å². The summed E-state index contributed by atoms with van der Waals surface area (Å²) in [7, 11) is 0. The Hall–Kier alpha value is -3.30. The molecule has 0 aliphatic heterocycles. The van der Waals surface area contributed by atoms with Crippen LogP contribution in [0.5, 0.6) is 0 Å². The van der Waals surface area contributed by atoms with E-state index >= 15 is 0 Å². The fourth-order valence-corrected chi connectivity index (χ4v) is 3.42. The van der Waals surface area contributed by atoms with Crippen LogP contribution in [-0.4, -0.2) is 15.1 Å². The largest absolute Gasteiger partial charge is 0.498 e. The predicted molar refractivity (Wildman–Crippen MR) is 118 cm³/mol. The van der Waals surface area contributed by atoms with Crippen molar-refractivity contribution in [1.29, 1.82) is 0 Å². The molecule has 0 saturated heterocycles. The summed E-state index contributed by atoms with van der Waals surface area (Å²) in [6.07, 6.45) is 0. The molecule has 5 rings (SSSR count). The Morgan fingerprint density at radius 3 is 1.37 bits per heavy atom. The summed E-state index contributed by atoms with van der Waals surface area (Å²) in [4.78, 5) is 4.55. The third kappa shape index (κ3) is 3.50. The summed E-state index contributed by atoms with van der Waals surface area (Å²) in [5.41, 5.74) is 2.39. The van der Waals surface area contributed by atoms with Crippen LogP contribution >= 0.6 is 12.2 Å². The van der Waals surface area contributed by atoms with Crippen LogP contribution in [0.15, 0.2) is 97.1 Å². The molecule has 1 heterocycles. The molecule has 0 bridgehead atoms. The van der Waals surface area contributed by atoms with Gasteiger partial charge in [-0.25, -0.2) is 4.98 Å². The minimum absolute atomic E-state index is 0.0835. The summed E-state index contributed by atoms with van der Waals surface area (Å²) in [5.74, 6) is 0. The summed E-state index contributed by atoms with van der Waals surface area (Å²) in [6.45, 7) is 0. The van der Waals surface area contributed by atoms with E-state index in [0.717, 1.165) is 21.8 Å². The monoisotopic (exact) mass is 367 g/mol. The third-order valence-corrected chi connectivity index (χ3v) is 4.66. The maximum absolute atomic E-state index is 9.72. The van der Waals surface area contributed by atoms with Gasteiger partial charge in [0.15, 0.2) is 5.05 Å². The average Bonchev–Trinajstić information content (AvgIpc) is 2.72. The number of benzene rings is 4. The van der Waals surface area contributed by atoms with Crippen LogP contribution in [0.25, 0.3) is 32.6 Å². The Labute approximate surface area is 162 Å². The molecule has 2 nitrogen and oxygen atoms in total. The smallest absolute Gasteiger partial charge is 0.190 e. The standard InChI is InChI=1S/C14H9NOS.C10H8/c16-14(17)13-9-5-1-3-7-11(9)15-12-8-4-2-6-10(12)13;1-2-6-10-8-4-3-7-9(10)5-1/h1-8H,(H,16,17);1-8H. The molecule has 0 unspecified atom stereocenters. The zero-order valence-corrected chi connectivity index (χ0v) is 15.4. The van der Waals surface area contributed by atoms with Crippen molar-refractivity contribution >= 4 is 49.8 Å². The van der Waals surface area contributed by atoms with Gasteiger partial charge in [0, 0.05) is 16.3 Å². The van der Waals surface area contributed by atoms with Crippen molar-refractivity contribution in [2.24, 2.45) is 0 Å². The molecule has 0 fully saturated rings. The molecule has 3 heteroatoms. The molecule has 0 aliphatic rings. The molecule has 0 amide bonds. The molecule has 27 heavy (non-hydrogen) atoms. The van der Waals surface area contributed by atoms with Crippen molar-refractivity contribution in [2.75, 3.05) is 0 Å². The van der Waals surface area contributed by atoms with Gasteiger partial charge in [-0.3, -0.25) is 0 Å². The van der Waals surface area contributed by atoms with Crippen molar-refractivity contribution in [3.63, 3.8) is 0 Å².